The largest absolute Gasteiger partial charge is 0.468 e. The van der Waals surface area contributed by atoms with Crippen LogP contribution in [0.2, 0.25) is 0 Å². The lowest BCUT2D eigenvalue weighted by molar-refractivity contribution is -0.116. The molecule has 184 valence electrons. The first-order valence-corrected chi connectivity index (χ1v) is 12.8. The van der Waals surface area contributed by atoms with E-state index in [2.05, 4.69) is 10.2 Å². The van der Waals surface area contributed by atoms with Crippen LogP contribution in [0, 0.1) is 6.92 Å². The van der Waals surface area contributed by atoms with Crippen LogP contribution in [0.25, 0.3) is 0 Å². The second-order valence-corrected chi connectivity index (χ2v) is 10.4. The Hall–Kier alpha value is -3.63. The van der Waals surface area contributed by atoms with Crippen LogP contribution in [0.3, 0.4) is 0 Å². The number of sulfonamides is 1. The summed E-state index contributed by atoms with van der Waals surface area (Å²) in [5, 5.41) is 2.80. The summed E-state index contributed by atoms with van der Waals surface area (Å²) in [7, 11) is -4.00. The van der Waals surface area contributed by atoms with Crippen LogP contribution < -0.4 is 16.0 Å². The number of nitrogens with two attached hydrogens (primary N) is 1. The number of carbonyl (C=O) groups excluding carboxylic acids is 2. The van der Waals surface area contributed by atoms with Crippen molar-refractivity contribution in [1.82, 2.24) is 4.31 Å². The van der Waals surface area contributed by atoms with Gasteiger partial charge in [0.2, 0.25) is 21.8 Å². The predicted octanol–water partition coefficient (Wildman–Crippen LogP) is 3.12. The molecule has 35 heavy (non-hydrogen) atoms. The summed E-state index contributed by atoms with van der Waals surface area (Å²) in [6.45, 7) is 2.95. The van der Waals surface area contributed by atoms with Gasteiger partial charge < -0.3 is 20.4 Å². The van der Waals surface area contributed by atoms with Gasteiger partial charge in [0.15, 0.2) is 0 Å². The minimum absolute atomic E-state index is 0.0796. The Morgan fingerprint density at radius 2 is 1.80 bits per heavy atom. The van der Waals surface area contributed by atoms with E-state index >= 15 is 0 Å². The van der Waals surface area contributed by atoms with Crippen LogP contribution >= 0.6 is 0 Å². The van der Waals surface area contributed by atoms with Crippen LogP contribution in [0.4, 0.5) is 11.4 Å². The Kier molecular flexibility index (Phi) is 7.23. The first-order valence-electron chi connectivity index (χ1n) is 11.3. The molecule has 0 bridgehead atoms. The zero-order valence-electron chi connectivity index (χ0n) is 19.4. The lowest BCUT2D eigenvalue weighted by atomic mass is 10.1. The van der Waals surface area contributed by atoms with E-state index in [1.54, 1.807) is 36.4 Å². The molecule has 0 atom stereocenters. The zero-order valence-corrected chi connectivity index (χ0v) is 20.3. The molecular weight excluding hydrogens is 468 g/mol. The third kappa shape index (κ3) is 5.72. The van der Waals surface area contributed by atoms with Crippen LogP contribution in [0.1, 0.15) is 34.5 Å². The van der Waals surface area contributed by atoms with Gasteiger partial charge in [-0.05, 0) is 62.2 Å². The molecule has 0 aliphatic carbocycles. The van der Waals surface area contributed by atoms with Crippen molar-refractivity contribution in [2.24, 2.45) is 5.73 Å². The van der Waals surface area contributed by atoms with E-state index in [-0.39, 0.29) is 17.0 Å². The number of nitrogens with one attached hydrogen (secondary N) is 1. The van der Waals surface area contributed by atoms with Gasteiger partial charge >= 0.3 is 0 Å². The van der Waals surface area contributed by atoms with Gasteiger partial charge in [0, 0.05) is 18.7 Å². The SMILES string of the molecule is Cc1ccc(S(=O)(=O)N(CC(=O)Nc2cc(C(N)=O)ccc2N2CCCC2)Cc2ccco2)cc1. The van der Waals surface area contributed by atoms with Crippen molar-refractivity contribution in [3.05, 3.63) is 77.7 Å². The lowest BCUT2D eigenvalue weighted by Crippen LogP contribution is -2.37. The van der Waals surface area contributed by atoms with E-state index < -0.39 is 28.4 Å². The van der Waals surface area contributed by atoms with Crippen molar-refractivity contribution in [1.29, 1.82) is 0 Å². The Morgan fingerprint density at radius 3 is 2.43 bits per heavy atom. The Morgan fingerprint density at radius 1 is 1.09 bits per heavy atom. The smallest absolute Gasteiger partial charge is 0.248 e. The number of primary amides is 1. The second kappa shape index (κ2) is 10.3. The maximum absolute atomic E-state index is 13.4. The van der Waals surface area contributed by atoms with Gasteiger partial charge in [-0.1, -0.05) is 17.7 Å². The van der Waals surface area contributed by atoms with Gasteiger partial charge in [-0.3, -0.25) is 9.59 Å². The molecule has 1 aliphatic heterocycles. The van der Waals surface area contributed by atoms with Gasteiger partial charge in [0.25, 0.3) is 0 Å². The molecule has 0 unspecified atom stereocenters. The summed E-state index contributed by atoms with van der Waals surface area (Å²) in [6.07, 6.45) is 3.50. The number of hydrogen-bond acceptors (Lipinski definition) is 6. The number of carbonyl (C=O) groups is 2. The lowest BCUT2D eigenvalue weighted by Gasteiger charge is -2.24. The Bertz CT molecular complexity index is 1300. The summed E-state index contributed by atoms with van der Waals surface area (Å²) < 4.78 is 33.2. The molecule has 10 heteroatoms. The molecule has 2 aromatic carbocycles. The van der Waals surface area contributed by atoms with Crippen molar-refractivity contribution < 1.29 is 22.4 Å². The van der Waals surface area contributed by atoms with Crippen molar-refractivity contribution in [3.8, 4) is 0 Å². The van der Waals surface area contributed by atoms with Crippen molar-refractivity contribution in [3.63, 3.8) is 0 Å². The van der Waals surface area contributed by atoms with E-state index in [0.29, 0.717) is 11.4 Å². The summed E-state index contributed by atoms with van der Waals surface area (Å²) >= 11 is 0. The molecular formula is C25H28N4O5S. The van der Waals surface area contributed by atoms with Crippen LogP contribution in [-0.4, -0.2) is 44.2 Å². The average molecular weight is 497 g/mol. The second-order valence-electron chi connectivity index (χ2n) is 8.50. The molecule has 0 radical (unpaired) electrons. The highest BCUT2D eigenvalue weighted by molar-refractivity contribution is 7.89. The maximum Gasteiger partial charge on any atom is 0.248 e. The van der Waals surface area contributed by atoms with Crippen LogP contribution in [0.15, 0.2) is 70.2 Å². The van der Waals surface area contributed by atoms with Crippen LogP contribution in [0.5, 0.6) is 0 Å². The minimum Gasteiger partial charge on any atom is -0.468 e. The molecule has 4 rings (SSSR count). The monoisotopic (exact) mass is 496 g/mol. The number of furan rings is 1. The summed E-state index contributed by atoms with van der Waals surface area (Å²) in [5.74, 6) is -0.758. The number of anilines is 2. The van der Waals surface area contributed by atoms with Crippen LogP contribution in [-0.2, 0) is 21.4 Å². The van der Waals surface area contributed by atoms with E-state index in [4.69, 9.17) is 10.2 Å². The molecule has 2 heterocycles. The standard InChI is InChI=1S/C25H28N4O5S/c1-18-6-9-21(10-7-18)35(32,33)29(16-20-5-4-14-34-20)17-24(30)27-22-15-19(25(26)31)8-11-23(22)28-12-2-3-13-28/h4-11,14-15H,2-3,12-13,16-17H2,1H3,(H2,26,31)(H,27,30). The topological polar surface area (TPSA) is 126 Å². The molecule has 1 aromatic heterocycles. The quantitative estimate of drug-likeness (QED) is 0.469. The molecule has 1 saturated heterocycles. The fourth-order valence-corrected chi connectivity index (χ4v) is 5.40. The third-order valence-electron chi connectivity index (χ3n) is 5.89. The predicted molar refractivity (Wildman–Crippen MR) is 133 cm³/mol. The number of amides is 2. The van der Waals surface area contributed by atoms with Crippen molar-refractivity contribution in [2.75, 3.05) is 29.9 Å². The fraction of sp³-hybridized carbons (Fsp3) is 0.280. The van der Waals surface area contributed by atoms with Gasteiger partial charge in [0.1, 0.15) is 5.76 Å². The summed E-state index contributed by atoms with van der Waals surface area (Å²) in [6, 6.07) is 14.6. The number of rotatable bonds is 9. The average Bonchev–Trinajstić information content (AvgIpc) is 3.53. The van der Waals surface area contributed by atoms with E-state index in [1.165, 1.54) is 24.5 Å². The first kappa shape index (κ1) is 24.5. The Balaban J connectivity index is 1.61. The highest BCUT2D eigenvalue weighted by Crippen LogP contribution is 2.30. The van der Waals surface area contributed by atoms with Crippen molar-refractivity contribution in [2.45, 2.75) is 31.2 Å². The number of aryl methyl sites for hydroxylation is 1. The van der Waals surface area contributed by atoms with E-state index in [1.807, 2.05) is 6.92 Å². The van der Waals surface area contributed by atoms with E-state index in [0.717, 1.165) is 41.5 Å². The normalized spacial score (nSPS) is 13.8. The third-order valence-corrected chi connectivity index (χ3v) is 7.70. The van der Waals surface area contributed by atoms with E-state index in [9.17, 15) is 18.0 Å². The van der Waals surface area contributed by atoms with Gasteiger partial charge in [-0.15, -0.1) is 0 Å². The molecule has 3 aromatic rings. The molecule has 1 aliphatic rings. The number of benzene rings is 2. The Labute approximate surface area is 204 Å². The molecule has 0 saturated carbocycles. The van der Waals surface area contributed by atoms with Gasteiger partial charge in [0.05, 0.1) is 35.6 Å². The molecule has 2 amide bonds. The zero-order chi connectivity index (χ0) is 25.0. The molecule has 1 fully saturated rings. The number of nitrogens with zero attached hydrogens (tertiary/aromatic N) is 2. The summed E-state index contributed by atoms with van der Waals surface area (Å²) in [4.78, 5) is 27.1. The highest BCUT2D eigenvalue weighted by Gasteiger charge is 2.28. The molecule has 0 spiro atoms. The number of hydrogen-bond donors (Lipinski definition) is 2. The fourth-order valence-electron chi connectivity index (χ4n) is 4.03. The highest BCUT2D eigenvalue weighted by atomic mass is 32.2. The van der Waals surface area contributed by atoms with Gasteiger partial charge in [-0.2, -0.15) is 4.31 Å². The molecule has 3 N–H and O–H groups in total. The maximum atomic E-state index is 13.4. The first-order chi connectivity index (χ1) is 16.7. The van der Waals surface area contributed by atoms with Crippen molar-refractivity contribution >= 4 is 33.2 Å². The molecule has 9 nitrogen and oxygen atoms in total. The van der Waals surface area contributed by atoms with Gasteiger partial charge in [-0.25, -0.2) is 8.42 Å². The summed E-state index contributed by atoms with van der Waals surface area (Å²) in [5.41, 5.74) is 7.79. The minimum atomic E-state index is -4.00.